The van der Waals surface area contributed by atoms with Gasteiger partial charge in [-0.15, -0.1) is 0 Å². The Bertz CT molecular complexity index is 315. The Morgan fingerprint density at radius 3 is 2.39 bits per heavy atom. The third kappa shape index (κ3) is 3.47. The molecule has 3 atom stereocenters. The second-order valence-corrected chi connectivity index (χ2v) is 5.84. The van der Waals surface area contributed by atoms with Crippen LogP contribution in [0.2, 0.25) is 0 Å². The molecule has 0 bridgehead atoms. The molecule has 0 aromatic carbocycles. The van der Waals surface area contributed by atoms with E-state index in [-0.39, 0.29) is 30.4 Å². The average Bonchev–Trinajstić information content (AvgIpc) is 2.30. The lowest BCUT2D eigenvalue weighted by molar-refractivity contribution is -0.147. The number of nitrogens with one attached hydrogen (secondary N) is 1. The average molecular weight is 254 g/mol. The smallest absolute Gasteiger partial charge is 0.245 e. The Morgan fingerprint density at radius 2 is 1.89 bits per heavy atom. The van der Waals surface area contributed by atoms with E-state index in [0.717, 1.165) is 6.42 Å². The maximum atomic E-state index is 12.4. The van der Waals surface area contributed by atoms with Crippen LogP contribution in [0.4, 0.5) is 0 Å². The Balaban J connectivity index is 2.78. The number of carbonyl (C=O) groups excluding carboxylic acids is 2. The van der Waals surface area contributed by atoms with Crippen molar-refractivity contribution < 1.29 is 9.59 Å². The fourth-order valence-corrected chi connectivity index (χ4v) is 2.36. The fraction of sp³-hybridized carbons (Fsp3) is 0.857. The molecule has 4 nitrogen and oxygen atoms in total. The third-order valence-corrected chi connectivity index (χ3v) is 3.90. The summed E-state index contributed by atoms with van der Waals surface area (Å²) in [5.41, 5.74) is 0. The summed E-state index contributed by atoms with van der Waals surface area (Å²) in [7, 11) is 0. The molecular weight excluding hydrogens is 228 g/mol. The minimum absolute atomic E-state index is 0.0320. The highest BCUT2D eigenvalue weighted by molar-refractivity contribution is 5.95. The third-order valence-electron chi connectivity index (χ3n) is 3.90. The molecule has 104 valence electrons. The topological polar surface area (TPSA) is 49.4 Å². The van der Waals surface area contributed by atoms with E-state index < -0.39 is 0 Å². The number of piperazine rings is 1. The van der Waals surface area contributed by atoms with Gasteiger partial charge in [0.1, 0.15) is 6.04 Å². The van der Waals surface area contributed by atoms with Crippen LogP contribution >= 0.6 is 0 Å². The molecule has 2 amide bonds. The van der Waals surface area contributed by atoms with E-state index in [0.29, 0.717) is 18.3 Å². The van der Waals surface area contributed by atoms with Crippen molar-refractivity contribution in [3.05, 3.63) is 0 Å². The van der Waals surface area contributed by atoms with E-state index in [9.17, 15) is 9.59 Å². The van der Waals surface area contributed by atoms with E-state index in [1.807, 2.05) is 6.92 Å². The highest BCUT2D eigenvalue weighted by Crippen LogP contribution is 2.19. The van der Waals surface area contributed by atoms with E-state index in [4.69, 9.17) is 0 Å². The van der Waals surface area contributed by atoms with Crippen LogP contribution in [0.15, 0.2) is 0 Å². The van der Waals surface area contributed by atoms with Gasteiger partial charge in [-0.05, 0) is 25.2 Å². The molecule has 4 heteroatoms. The molecule has 1 fully saturated rings. The molecule has 1 rings (SSSR count). The van der Waals surface area contributed by atoms with Crippen LogP contribution < -0.4 is 5.32 Å². The highest BCUT2D eigenvalue weighted by atomic mass is 16.2. The molecule has 0 aromatic rings. The Hall–Kier alpha value is -1.06. The normalized spacial score (nSPS) is 24.1. The minimum atomic E-state index is -0.335. The van der Waals surface area contributed by atoms with Crippen molar-refractivity contribution in [1.29, 1.82) is 0 Å². The lowest BCUT2D eigenvalue weighted by atomic mass is 9.95. The van der Waals surface area contributed by atoms with Crippen LogP contribution in [0.5, 0.6) is 0 Å². The van der Waals surface area contributed by atoms with Crippen molar-refractivity contribution in [1.82, 2.24) is 10.2 Å². The van der Waals surface area contributed by atoms with Crippen LogP contribution in [-0.2, 0) is 9.59 Å². The monoisotopic (exact) mass is 254 g/mol. The molecule has 1 N–H and O–H groups in total. The van der Waals surface area contributed by atoms with Gasteiger partial charge in [-0.25, -0.2) is 0 Å². The SMILES string of the molecule is CCC(C)C(C)N1CC(=O)NC(CC(C)C)C1=O. The molecule has 1 heterocycles. The summed E-state index contributed by atoms with van der Waals surface area (Å²) in [6.07, 6.45) is 1.73. The van der Waals surface area contributed by atoms with Gasteiger partial charge in [0.05, 0.1) is 6.54 Å². The summed E-state index contributed by atoms with van der Waals surface area (Å²) >= 11 is 0. The number of hydrogen-bond acceptors (Lipinski definition) is 2. The van der Waals surface area contributed by atoms with Crippen molar-refractivity contribution >= 4 is 11.8 Å². The summed E-state index contributed by atoms with van der Waals surface area (Å²) in [6.45, 7) is 10.6. The van der Waals surface area contributed by atoms with Gasteiger partial charge in [0, 0.05) is 6.04 Å². The summed E-state index contributed by atoms with van der Waals surface area (Å²) in [4.78, 5) is 25.9. The standard InChI is InChI=1S/C14H26N2O2/c1-6-10(4)11(5)16-8-13(17)15-12(14(16)18)7-9(2)3/h9-12H,6-8H2,1-5H3,(H,15,17). The van der Waals surface area contributed by atoms with Gasteiger partial charge in [-0.1, -0.05) is 34.1 Å². The summed E-state index contributed by atoms with van der Waals surface area (Å²) < 4.78 is 0. The number of amides is 2. The minimum Gasteiger partial charge on any atom is -0.343 e. The first-order valence-corrected chi connectivity index (χ1v) is 6.96. The van der Waals surface area contributed by atoms with Crippen molar-refractivity contribution in [3.8, 4) is 0 Å². The molecule has 0 radical (unpaired) electrons. The molecule has 0 aromatic heterocycles. The van der Waals surface area contributed by atoms with Crippen molar-refractivity contribution in [2.45, 2.75) is 59.5 Å². The lowest BCUT2D eigenvalue weighted by Crippen LogP contribution is -2.61. The molecule has 1 aliphatic rings. The quantitative estimate of drug-likeness (QED) is 0.813. The molecule has 0 aliphatic carbocycles. The molecule has 18 heavy (non-hydrogen) atoms. The van der Waals surface area contributed by atoms with Crippen LogP contribution in [0.25, 0.3) is 0 Å². The largest absolute Gasteiger partial charge is 0.343 e. The molecule has 0 saturated carbocycles. The van der Waals surface area contributed by atoms with Gasteiger partial charge in [0.25, 0.3) is 0 Å². The van der Waals surface area contributed by atoms with Crippen molar-refractivity contribution in [2.24, 2.45) is 11.8 Å². The Labute approximate surface area is 110 Å². The van der Waals surface area contributed by atoms with E-state index in [1.165, 1.54) is 0 Å². The number of rotatable bonds is 5. The zero-order valence-electron chi connectivity index (χ0n) is 12.2. The van der Waals surface area contributed by atoms with Gasteiger partial charge in [-0.2, -0.15) is 0 Å². The highest BCUT2D eigenvalue weighted by Gasteiger charge is 2.36. The van der Waals surface area contributed by atoms with Crippen molar-refractivity contribution in [3.63, 3.8) is 0 Å². The van der Waals surface area contributed by atoms with Gasteiger partial charge < -0.3 is 10.2 Å². The summed E-state index contributed by atoms with van der Waals surface area (Å²) in [5.74, 6) is 0.865. The molecular formula is C14H26N2O2. The number of carbonyl (C=O) groups is 2. The van der Waals surface area contributed by atoms with Crippen LogP contribution in [0, 0.1) is 11.8 Å². The van der Waals surface area contributed by atoms with Gasteiger partial charge in [-0.3, -0.25) is 9.59 Å². The number of hydrogen-bond donors (Lipinski definition) is 1. The van der Waals surface area contributed by atoms with E-state index in [2.05, 4.69) is 33.0 Å². The van der Waals surface area contributed by atoms with Crippen LogP contribution in [-0.4, -0.2) is 35.3 Å². The van der Waals surface area contributed by atoms with Crippen LogP contribution in [0.1, 0.15) is 47.5 Å². The van der Waals surface area contributed by atoms with Crippen LogP contribution in [0.3, 0.4) is 0 Å². The van der Waals surface area contributed by atoms with E-state index in [1.54, 1.807) is 4.90 Å². The molecule has 1 aliphatic heterocycles. The predicted octanol–water partition coefficient (Wildman–Crippen LogP) is 1.79. The maximum absolute atomic E-state index is 12.4. The molecule has 3 unspecified atom stereocenters. The second-order valence-electron chi connectivity index (χ2n) is 5.84. The lowest BCUT2D eigenvalue weighted by Gasteiger charge is -2.39. The maximum Gasteiger partial charge on any atom is 0.245 e. The van der Waals surface area contributed by atoms with Crippen molar-refractivity contribution in [2.75, 3.05) is 6.54 Å². The zero-order valence-corrected chi connectivity index (χ0v) is 12.2. The summed E-state index contributed by atoms with van der Waals surface area (Å²) in [6, 6.07) is -0.207. The first kappa shape index (κ1) is 15.0. The Kier molecular flexibility index (Phi) is 5.17. The zero-order chi connectivity index (χ0) is 13.9. The second kappa shape index (κ2) is 6.21. The van der Waals surface area contributed by atoms with Gasteiger partial charge in [0.2, 0.25) is 11.8 Å². The first-order chi connectivity index (χ1) is 8.36. The molecule has 1 saturated heterocycles. The van der Waals surface area contributed by atoms with Gasteiger partial charge in [0.15, 0.2) is 0 Å². The Morgan fingerprint density at radius 1 is 1.28 bits per heavy atom. The summed E-state index contributed by atoms with van der Waals surface area (Å²) in [5, 5.41) is 2.81. The van der Waals surface area contributed by atoms with E-state index >= 15 is 0 Å². The number of nitrogens with zero attached hydrogens (tertiary/aromatic N) is 1. The van der Waals surface area contributed by atoms with Gasteiger partial charge >= 0.3 is 0 Å². The first-order valence-electron chi connectivity index (χ1n) is 6.96. The predicted molar refractivity (Wildman–Crippen MR) is 72.0 cm³/mol. The molecule has 0 spiro atoms. The fourth-order valence-electron chi connectivity index (χ4n) is 2.36.